The second kappa shape index (κ2) is 10.1. The molecule has 1 fully saturated rings. The van der Waals surface area contributed by atoms with Gasteiger partial charge in [-0.05, 0) is 41.5 Å². The molecule has 174 valence electrons. The van der Waals surface area contributed by atoms with Gasteiger partial charge >= 0.3 is 12.1 Å². The highest BCUT2D eigenvalue weighted by Crippen LogP contribution is 2.44. The first-order valence-corrected chi connectivity index (χ1v) is 11.6. The Balaban J connectivity index is 1.31. The smallest absolute Gasteiger partial charge is 0.407 e. The van der Waals surface area contributed by atoms with Crippen molar-refractivity contribution in [3.63, 3.8) is 0 Å². The van der Waals surface area contributed by atoms with Gasteiger partial charge in [-0.1, -0.05) is 61.9 Å². The third-order valence-electron chi connectivity index (χ3n) is 6.80. The van der Waals surface area contributed by atoms with Gasteiger partial charge in [-0.2, -0.15) is 0 Å². The maximum absolute atomic E-state index is 12.6. The number of amides is 2. The summed E-state index contributed by atoms with van der Waals surface area (Å²) in [5, 5.41) is 14.7. The molecule has 2 aliphatic rings. The van der Waals surface area contributed by atoms with E-state index in [1.165, 1.54) is 11.1 Å². The van der Waals surface area contributed by atoms with E-state index in [0.29, 0.717) is 25.8 Å². The van der Waals surface area contributed by atoms with Crippen molar-refractivity contribution in [2.24, 2.45) is 11.8 Å². The second-order valence-electron chi connectivity index (χ2n) is 8.93. The van der Waals surface area contributed by atoms with Gasteiger partial charge in [0.15, 0.2) is 0 Å². The molecule has 4 rings (SSSR count). The number of carbonyl (C=O) groups is 3. The molecule has 0 heterocycles. The third-order valence-corrected chi connectivity index (χ3v) is 6.80. The number of hydrogen-bond acceptors (Lipinski definition) is 4. The van der Waals surface area contributed by atoms with Gasteiger partial charge < -0.3 is 20.5 Å². The number of carboxylic acid groups (broad SMARTS) is 1. The van der Waals surface area contributed by atoms with Crippen LogP contribution < -0.4 is 10.6 Å². The Kier molecular flexibility index (Phi) is 6.96. The minimum absolute atomic E-state index is 0.0120. The molecule has 0 spiro atoms. The Labute approximate surface area is 193 Å². The summed E-state index contributed by atoms with van der Waals surface area (Å²) < 4.78 is 5.62. The largest absolute Gasteiger partial charge is 0.481 e. The number of rotatable bonds is 8. The molecule has 7 nitrogen and oxygen atoms in total. The lowest BCUT2D eigenvalue weighted by atomic mass is 9.98. The molecule has 2 amide bonds. The molecule has 1 saturated carbocycles. The van der Waals surface area contributed by atoms with Crippen LogP contribution in [-0.2, 0) is 14.3 Å². The van der Waals surface area contributed by atoms with Crippen LogP contribution in [0, 0.1) is 11.8 Å². The predicted molar refractivity (Wildman–Crippen MR) is 124 cm³/mol. The standard InChI is InChI=1S/C26H30N2O5/c1-16(25(30)31)13-14-27-24(29)21-11-6-12-23(21)28-26(32)33-15-22-19-9-4-2-7-17(19)18-8-3-5-10-20(18)22/h2-5,7-10,16,21-23H,6,11-15H2,1H3,(H,27,29)(H,28,32)(H,30,31)/t16?,21-,23+/m0/s1. The van der Waals surface area contributed by atoms with Crippen molar-refractivity contribution in [1.82, 2.24) is 10.6 Å². The fraction of sp³-hybridized carbons (Fsp3) is 0.423. The Bertz CT molecular complexity index is 991. The van der Waals surface area contributed by atoms with Crippen LogP contribution in [0.3, 0.4) is 0 Å². The van der Waals surface area contributed by atoms with Crippen molar-refractivity contribution in [3.8, 4) is 11.1 Å². The normalized spacial score (nSPS) is 19.9. The van der Waals surface area contributed by atoms with Crippen LogP contribution in [0.25, 0.3) is 11.1 Å². The van der Waals surface area contributed by atoms with E-state index in [2.05, 4.69) is 34.9 Å². The number of nitrogens with one attached hydrogen (secondary N) is 2. The molecular formula is C26H30N2O5. The van der Waals surface area contributed by atoms with Crippen molar-refractivity contribution >= 4 is 18.0 Å². The summed E-state index contributed by atoms with van der Waals surface area (Å²) in [5.74, 6) is -1.87. The molecule has 2 aromatic carbocycles. The quantitative estimate of drug-likeness (QED) is 0.565. The molecule has 0 aromatic heterocycles. The third kappa shape index (κ3) is 5.02. The number of hydrogen-bond donors (Lipinski definition) is 3. The number of carboxylic acids is 1. The lowest BCUT2D eigenvalue weighted by molar-refractivity contribution is -0.141. The van der Waals surface area contributed by atoms with Crippen molar-refractivity contribution in [2.45, 2.75) is 44.6 Å². The zero-order valence-electron chi connectivity index (χ0n) is 18.8. The highest BCUT2D eigenvalue weighted by atomic mass is 16.5. The van der Waals surface area contributed by atoms with E-state index in [0.717, 1.165) is 17.5 Å². The molecule has 3 atom stereocenters. The molecule has 0 bridgehead atoms. The van der Waals surface area contributed by atoms with E-state index in [1.54, 1.807) is 6.92 Å². The maximum Gasteiger partial charge on any atom is 0.407 e. The van der Waals surface area contributed by atoms with Gasteiger partial charge in [-0.15, -0.1) is 0 Å². The number of aliphatic carboxylic acids is 1. The van der Waals surface area contributed by atoms with Crippen LogP contribution >= 0.6 is 0 Å². The molecule has 0 saturated heterocycles. The highest BCUT2D eigenvalue weighted by molar-refractivity contribution is 5.81. The molecular weight excluding hydrogens is 420 g/mol. The number of benzene rings is 2. The van der Waals surface area contributed by atoms with E-state index in [4.69, 9.17) is 9.84 Å². The molecule has 2 aromatic rings. The van der Waals surface area contributed by atoms with Crippen LogP contribution in [0.2, 0.25) is 0 Å². The first-order chi connectivity index (χ1) is 16.0. The maximum atomic E-state index is 12.6. The van der Waals surface area contributed by atoms with Gasteiger partial charge in [0.1, 0.15) is 6.61 Å². The number of carbonyl (C=O) groups excluding carboxylic acids is 2. The Morgan fingerprint density at radius 2 is 1.67 bits per heavy atom. The average molecular weight is 451 g/mol. The SMILES string of the molecule is CC(CCNC(=O)[C@H]1CCC[C@H]1NC(=O)OCC1c2ccccc2-c2ccccc21)C(=O)O. The van der Waals surface area contributed by atoms with Gasteiger partial charge in [0.2, 0.25) is 5.91 Å². The minimum atomic E-state index is -0.875. The Hall–Kier alpha value is -3.35. The van der Waals surface area contributed by atoms with Gasteiger partial charge in [-0.25, -0.2) is 4.79 Å². The Morgan fingerprint density at radius 3 is 2.30 bits per heavy atom. The highest BCUT2D eigenvalue weighted by Gasteiger charge is 2.35. The lowest BCUT2D eigenvalue weighted by Crippen LogP contribution is -2.44. The number of fused-ring (bicyclic) bond motifs is 3. The molecule has 3 N–H and O–H groups in total. The van der Waals surface area contributed by atoms with Crippen molar-refractivity contribution in [3.05, 3.63) is 59.7 Å². The summed E-state index contributed by atoms with van der Waals surface area (Å²) in [6.45, 7) is 2.16. The molecule has 2 aliphatic carbocycles. The topological polar surface area (TPSA) is 105 Å². The van der Waals surface area contributed by atoms with Crippen LogP contribution in [0.15, 0.2) is 48.5 Å². The molecule has 0 radical (unpaired) electrons. The van der Waals surface area contributed by atoms with Gasteiger partial charge in [0.05, 0.1) is 11.8 Å². The van der Waals surface area contributed by atoms with Gasteiger partial charge in [0, 0.05) is 18.5 Å². The summed E-state index contributed by atoms with van der Waals surface area (Å²) in [5.41, 5.74) is 4.65. The number of alkyl carbamates (subject to hydrolysis) is 1. The molecule has 0 aliphatic heterocycles. The van der Waals surface area contributed by atoms with E-state index < -0.39 is 18.0 Å². The lowest BCUT2D eigenvalue weighted by Gasteiger charge is -2.21. The first kappa shape index (κ1) is 22.8. The Morgan fingerprint density at radius 1 is 1.03 bits per heavy atom. The zero-order chi connectivity index (χ0) is 23.4. The zero-order valence-corrected chi connectivity index (χ0v) is 18.8. The van der Waals surface area contributed by atoms with E-state index in [9.17, 15) is 14.4 Å². The monoisotopic (exact) mass is 450 g/mol. The molecule has 7 heteroatoms. The van der Waals surface area contributed by atoms with Crippen molar-refractivity contribution < 1.29 is 24.2 Å². The summed E-state index contributed by atoms with van der Waals surface area (Å²) >= 11 is 0. The summed E-state index contributed by atoms with van der Waals surface area (Å²) in [6.07, 6.45) is 2.11. The van der Waals surface area contributed by atoms with E-state index >= 15 is 0 Å². The van der Waals surface area contributed by atoms with Crippen LogP contribution in [0.4, 0.5) is 4.79 Å². The van der Waals surface area contributed by atoms with Crippen molar-refractivity contribution in [1.29, 1.82) is 0 Å². The summed E-state index contributed by atoms with van der Waals surface area (Å²) in [4.78, 5) is 36.1. The fourth-order valence-electron chi connectivity index (χ4n) is 4.90. The van der Waals surface area contributed by atoms with Crippen molar-refractivity contribution in [2.75, 3.05) is 13.2 Å². The van der Waals surface area contributed by atoms with Gasteiger partial charge in [-0.3, -0.25) is 9.59 Å². The summed E-state index contributed by atoms with van der Waals surface area (Å²) in [7, 11) is 0. The minimum Gasteiger partial charge on any atom is -0.481 e. The molecule has 33 heavy (non-hydrogen) atoms. The van der Waals surface area contributed by atoms with E-state index in [-0.39, 0.29) is 30.4 Å². The first-order valence-electron chi connectivity index (χ1n) is 11.6. The van der Waals surface area contributed by atoms with Crippen LogP contribution in [0.5, 0.6) is 0 Å². The average Bonchev–Trinajstić information content (AvgIpc) is 3.40. The van der Waals surface area contributed by atoms with Crippen LogP contribution in [0.1, 0.15) is 49.7 Å². The van der Waals surface area contributed by atoms with Crippen LogP contribution in [-0.4, -0.2) is 42.3 Å². The summed E-state index contributed by atoms with van der Waals surface area (Å²) in [6, 6.07) is 16.1. The fourth-order valence-corrected chi connectivity index (χ4v) is 4.90. The second-order valence-corrected chi connectivity index (χ2v) is 8.93. The predicted octanol–water partition coefficient (Wildman–Crippen LogP) is 3.92. The molecule has 1 unspecified atom stereocenters. The van der Waals surface area contributed by atoms with E-state index in [1.807, 2.05) is 24.3 Å². The van der Waals surface area contributed by atoms with Gasteiger partial charge in [0.25, 0.3) is 0 Å². The number of ether oxygens (including phenoxy) is 1.